The molecule has 0 aliphatic carbocycles. The van der Waals surface area contributed by atoms with Crippen LogP contribution < -0.4 is 5.32 Å². The molecule has 3 rings (SSSR count). The number of nitrogens with one attached hydrogen (secondary N) is 1. The Balaban J connectivity index is 2.07. The average molecular weight is 320 g/mol. The molecule has 1 N–H and O–H groups in total. The number of hydrogen-bond donors (Lipinski definition) is 1. The van der Waals surface area contributed by atoms with Gasteiger partial charge in [-0.2, -0.15) is 0 Å². The number of thiophene rings is 1. The van der Waals surface area contributed by atoms with Crippen LogP contribution in [0.2, 0.25) is 5.02 Å². The topological polar surface area (TPSA) is 38.3 Å². The molecule has 3 aromatic rings. The lowest BCUT2D eigenvalue weighted by atomic mass is 10.1. The van der Waals surface area contributed by atoms with E-state index < -0.39 is 0 Å². The summed E-state index contributed by atoms with van der Waals surface area (Å²) >= 11 is 7.88. The highest BCUT2D eigenvalue weighted by Gasteiger charge is 2.18. The molecular weight excluding hydrogens is 306 g/mol. The van der Waals surface area contributed by atoms with Crippen molar-refractivity contribution in [2.75, 3.05) is 20.3 Å². The number of ether oxygens (including phenoxy) is 1. The molecule has 0 saturated carbocycles. The van der Waals surface area contributed by atoms with Gasteiger partial charge in [0.05, 0.1) is 11.6 Å². The van der Waals surface area contributed by atoms with Crippen molar-refractivity contribution in [3.8, 4) is 0 Å². The Kier molecular flexibility index (Phi) is 4.10. The zero-order valence-corrected chi connectivity index (χ0v) is 13.1. The summed E-state index contributed by atoms with van der Waals surface area (Å²) < 4.78 is 5.95. The number of hydrogen-bond acceptors (Lipinski definition) is 3. The lowest BCUT2D eigenvalue weighted by Gasteiger charge is -2.02. The Labute approximate surface area is 131 Å². The molecule has 0 fully saturated rings. The third kappa shape index (κ3) is 2.62. The summed E-state index contributed by atoms with van der Waals surface area (Å²) in [6.07, 6.45) is 0. The van der Waals surface area contributed by atoms with Crippen molar-refractivity contribution < 1.29 is 9.53 Å². The van der Waals surface area contributed by atoms with Crippen LogP contribution in [0, 0.1) is 0 Å². The molecule has 5 heteroatoms. The highest BCUT2D eigenvalue weighted by atomic mass is 35.5. The van der Waals surface area contributed by atoms with Gasteiger partial charge in [-0.25, -0.2) is 0 Å². The molecule has 0 aliphatic rings. The van der Waals surface area contributed by atoms with E-state index in [1.54, 1.807) is 7.11 Å². The van der Waals surface area contributed by atoms with E-state index in [-0.39, 0.29) is 5.91 Å². The third-order valence-electron chi connectivity index (χ3n) is 3.32. The molecular formula is C16H14ClNO2S. The minimum atomic E-state index is -0.151. The standard InChI is InChI=1S/C16H14ClNO2S/c1-20-9-8-18-16(19)15-14(17)13-11-5-3-2-4-10(11)6-7-12(13)21-15/h2-7H,8-9H2,1H3,(H,18,19). The number of carbonyl (C=O) groups excluding carboxylic acids is 1. The fraction of sp³-hybridized carbons (Fsp3) is 0.188. The van der Waals surface area contributed by atoms with Crippen LogP contribution in [-0.2, 0) is 4.74 Å². The van der Waals surface area contributed by atoms with Gasteiger partial charge in [0.1, 0.15) is 4.88 Å². The summed E-state index contributed by atoms with van der Waals surface area (Å²) in [6, 6.07) is 12.1. The van der Waals surface area contributed by atoms with Gasteiger partial charge in [-0.1, -0.05) is 41.9 Å². The second kappa shape index (κ2) is 6.02. The highest BCUT2D eigenvalue weighted by molar-refractivity contribution is 7.21. The normalized spacial score (nSPS) is 11.1. The Bertz CT molecular complexity index is 812. The Hall–Kier alpha value is -1.62. The van der Waals surface area contributed by atoms with Gasteiger partial charge in [0.2, 0.25) is 0 Å². The lowest BCUT2D eigenvalue weighted by molar-refractivity contribution is 0.0941. The molecule has 1 heterocycles. The zero-order chi connectivity index (χ0) is 14.8. The first kappa shape index (κ1) is 14.3. The minimum Gasteiger partial charge on any atom is -0.383 e. The first-order valence-corrected chi connectivity index (χ1v) is 7.78. The zero-order valence-electron chi connectivity index (χ0n) is 11.5. The number of carbonyl (C=O) groups is 1. The smallest absolute Gasteiger partial charge is 0.263 e. The van der Waals surface area contributed by atoms with E-state index in [2.05, 4.69) is 11.4 Å². The van der Waals surface area contributed by atoms with Crippen molar-refractivity contribution in [2.24, 2.45) is 0 Å². The van der Waals surface area contributed by atoms with Crippen molar-refractivity contribution in [3.05, 3.63) is 46.3 Å². The number of fused-ring (bicyclic) bond motifs is 3. The Morgan fingerprint density at radius 1 is 1.29 bits per heavy atom. The molecule has 0 spiro atoms. The molecule has 0 radical (unpaired) electrons. The van der Waals surface area contributed by atoms with E-state index in [1.165, 1.54) is 11.3 Å². The van der Waals surface area contributed by atoms with Crippen molar-refractivity contribution in [2.45, 2.75) is 0 Å². The number of rotatable bonds is 4. The number of benzene rings is 2. The maximum Gasteiger partial charge on any atom is 0.263 e. The quantitative estimate of drug-likeness (QED) is 0.736. The molecule has 0 saturated heterocycles. The fourth-order valence-corrected chi connectivity index (χ4v) is 3.81. The maximum absolute atomic E-state index is 12.2. The molecule has 1 amide bonds. The van der Waals surface area contributed by atoms with Gasteiger partial charge in [0.25, 0.3) is 5.91 Å². The van der Waals surface area contributed by atoms with Gasteiger partial charge in [0, 0.05) is 23.7 Å². The van der Waals surface area contributed by atoms with Crippen LogP contribution in [0.15, 0.2) is 36.4 Å². The predicted octanol–water partition coefficient (Wildman–Crippen LogP) is 4.08. The first-order chi connectivity index (χ1) is 10.2. The second-order valence-electron chi connectivity index (χ2n) is 4.65. The molecule has 1 aromatic heterocycles. The summed E-state index contributed by atoms with van der Waals surface area (Å²) in [5, 5.41) is 6.49. The van der Waals surface area contributed by atoms with Crippen molar-refractivity contribution >= 4 is 49.7 Å². The van der Waals surface area contributed by atoms with E-state index in [4.69, 9.17) is 16.3 Å². The summed E-state index contributed by atoms with van der Waals surface area (Å²) in [4.78, 5) is 12.8. The molecule has 0 aliphatic heterocycles. The van der Waals surface area contributed by atoms with E-state index in [0.29, 0.717) is 23.1 Å². The molecule has 108 valence electrons. The summed E-state index contributed by atoms with van der Waals surface area (Å²) in [7, 11) is 1.60. The van der Waals surface area contributed by atoms with Gasteiger partial charge < -0.3 is 10.1 Å². The van der Waals surface area contributed by atoms with Crippen LogP contribution in [0.4, 0.5) is 0 Å². The monoisotopic (exact) mass is 319 g/mol. The highest BCUT2D eigenvalue weighted by Crippen LogP contribution is 2.39. The number of halogens is 1. The Morgan fingerprint density at radius 3 is 2.90 bits per heavy atom. The van der Waals surface area contributed by atoms with Gasteiger partial charge in [0.15, 0.2) is 0 Å². The minimum absolute atomic E-state index is 0.151. The fourth-order valence-electron chi connectivity index (χ4n) is 2.32. The second-order valence-corrected chi connectivity index (χ2v) is 6.08. The van der Waals surface area contributed by atoms with Gasteiger partial charge in [-0.05, 0) is 16.8 Å². The average Bonchev–Trinajstić information content (AvgIpc) is 2.85. The predicted molar refractivity (Wildman–Crippen MR) is 88.6 cm³/mol. The van der Waals surface area contributed by atoms with Crippen molar-refractivity contribution in [1.82, 2.24) is 5.32 Å². The molecule has 21 heavy (non-hydrogen) atoms. The van der Waals surface area contributed by atoms with E-state index in [1.807, 2.05) is 30.3 Å². The summed E-state index contributed by atoms with van der Waals surface area (Å²) in [5.74, 6) is -0.151. The van der Waals surface area contributed by atoms with E-state index >= 15 is 0 Å². The maximum atomic E-state index is 12.2. The summed E-state index contributed by atoms with van der Waals surface area (Å²) in [6.45, 7) is 0.956. The molecule has 3 nitrogen and oxygen atoms in total. The first-order valence-electron chi connectivity index (χ1n) is 6.59. The molecule has 0 atom stereocenters. The van der Waals surface area contributed by atoms with Crippen LogP contribution in [0.3, 0.4) is 0 Å². The SMILES string of the molecule is COCCNC(=O)c1sc2ccc3ccccc3c2c1Cl. The van der Waals surface area contributed by atoms with Crippen LogP contribution >= 0.6 is 22.9 Å². The lowest BCUT2D eigenvalue weighted by Crippen LogP contribution is -2.26. The van der Waals surface area contributed by atoms with Crippen LogP contribution in [0.5, 0.6) is 0 Å². The van der Waals surface area contributed by atoms with Crippen LogP contribution in [-0.4, -0.2) is 26.2 Å². The molecule has 2 aromatic carbocycles. The van der Waals surface area contributed by atoms with Gasteiger partial charge in [-0.3, -0.25) is 4.79 Å². The number of amides is 1. The van der Waals surface area contributed by atoms with Crippen LogP contribution in [0.25, 0.3) is 20.9 Å². The van der Waals surface area contributed by atoms with Crippen molar-refractivity contribution in [1.29, 1.82) is 0 Å². The van der Waals surface area contributed by atoms with Gasteiger partial charge in [-0.15, -0.1) is 11.3 Å². The van der Waals surface area contributed by atoms with Gasteiger partial charge >= 0.3 is 0 Å². The Morgan fingerprint density at radius 2 is 2.10 bits per heavy atom. The third-order valence-corrected chi connectivity index (χ3v) is 4.96. The van der Waals surface area contributed by atoms with E-state index in [0.717, 1.165) is 20.9 Å². The largest absolute Gasteiger partial charge is 0.383 e. The number of methoxy groups -OCH3 is 1. The van der Waals surface area contributed by atoms with Crippen LogP contribution in [0.1, 0.15) is 9.67 Å². The molecule has 0 bridgehead atoms. The van der Waals surface area contributed by atoms with E-state index in [9.17, 15) is 4.79 Å². The summed E-state index contributed by atoms with van der Waals surface area (Å²) in [5.41, 5.74) is 0. The molecule has 0 unspecified atom stereocenters. The van der Waals surface area contributed by atoms with Crippen molar-refractivity contribution in [3.63, 3.8) is 0 Å².